The Morgan fingerprint density at radius 3 is 2.36 bits per heavy atom. The van der Waals surface area contributed by atoms with E-state index in [1.165, 1.54) is 12.1 Å². The van der Waals surface area contributed by atoms with Gasteiger partial charge in [0.05, 0.1) is 18.0 Å². The molecule has 0 aliphatic carbocycles. The van der Waals surface area contributed by atoms with Crippen molar-refractivity contribution in [2.45, 2.75) is 46.2 Å². The van der Waals surface area contributed by atoms with Gasteiger partial charge >= 0.3 is 0 Å². The van der Waals surface area contributed by atoms with Gasteiger partial charge in [-0.25, -0.2) is 4.99 Å². The lowest BCUT2D eigenvalue weighted by molar-refractivity contribution is -0.384. The number of amides is 1. The molecule has 0 bridgehead atoms. The molecule has 0 fully saturated rings. The number of nitrogens with zero attached hydrogens (tertiary/aromatic N) is 2. The van der Waals surface area contributed by atoms with Gasteiger partial charge in [0.15, 0.2) is 5.96 Å². The normalized spacial score (nSPS) is 11.8. The molecular weight excluding hydrogens is 322 g/mol. The van der Waals surface area contributed by atoms with Gasteiger partial charge in [-0.3, -0.25) is 14.9 Å². The minimum absolute atomic E-state index is 0.0500. The molecule has 0 aliphatic heterocycles. The smallest absolute Gasteiger partial charge is 0.269 e. The second-order valence-electron chi connectivity index (χ2n) is 6.67. The summed E-state index contributed by atoms with van der Waals surface area (Å²) in [5, 5.41) is 19.7. The zero-order valence-electron chi connectivity index (χ0n) is 15.3. The summed E-state index contributed by atoms with van der Waals surface area (Å²) in [6.07, 6.45) is 0.923. The maximum absolute atomic E-state index is 11.9. The molecule has 0 radical (unpaired) electrons. The van der Waals surface area contributed by atoms with E-state index in [1.54, 1.807) is 12.1 Å². The highest BCUT2D eigenvalue weighted by molar-refractivity contribution is 5.86. The third-order valence-corrected chi connectivity index (χ3v) is 3.04. The number of non-ortho nitro benzene ring substituents is 1. The number of nitro benzene ring substituents is 1. The van der Waals surface area contributed by atoms with Crippen LogP contribution < -0.4 is 16.0 Å². The van der Waals surface area contributed by atoms with E-state index >= 15 is 0 Å². The molecule has 1 aromatic carbocycles. The number of hydrogen-bond acceptors (Lipinski definition) is 4. The van der Waals surface area contributed by atoms with Crippen molar-refractivity contribution in [1.29, 1.82) is 0 Å². The average molecular weight is 349 g/mol. The molecule has 0 aromatic heterocycles. The van der Waals surface area contributed by atoms with Crippen molar-refractivity contribution in [2.24, 2.45) is 4.99 Å². The molecule has 8 heteroatoms. The number of hydrogen-bond donors (Lipinski definition) is 3. The van der Waals surface area contributed by atoms with Gasteiger partial charge in [0.2, 0.25) is 5.91 Å². The molecule has 0 saturated carbocycles. The maximum atomic E-state index is 11.9. The summed E-state index contributed by atoms with van der Waals surface area (Å²) in [5.74, 6) is 0.415. The van der Waals surface area contributed by atoms with Crippen LogP contribution in [0.1, 0.15) is 39.7 Å². The van der Waals surface area contributed by atoms with Gasteiger partial charge in [-0.05, 0) is 32.8 Å². The molecule has 0 aliphatic rings. The number of nitro groups is 1. The van der Waals surface area contributed by atoms with E-state index in [0.717, 1.165) is 18.5 Å². The van der Waals surface area contributed by atoms with E-state index < -0.39 is 4.92 Å². The summed E-state index contributed by atoms with van der Waals surface area (Å²) in [7, 11) is 0. The summed E-state index contributed by atoms with van der Waals surface area (Å²) >= 11 is 0. The van der Waals surface area contributed by atoms with Crippen LogP contribution in [0.2, 0.25) is 0 Å². The molecule has 0 heterocycles. The van der Waals surface area contributed by atoms with Crippen LogP contribution >= 0.6 is 0 Å². The van der Waals surface area contributed by atoms with Gasteiger partial charge < -0.3 is 16.0 Å². The largest absolute Gasteiger partial charge is 0.356 e. The minimum Gasteiger partial charge on any atom is -0.356 e. The van der Waals surface area contributed by atoms with Crippen molar-refractivity contribution in [1.82, 2.24) is 16.0 Å². The molecule has 3 N–H and O–H groups in total. The molecule has 0 atom stereocenters. The Morgan fingerprint density at radius 1 is 1.20 bits per heavy atom. The third-order valence-electron chi connectivity index (χ3n) is 3.04. The van der Waals surface area contributed by atoms with Crippen LogP contribution in [0.15, 0.2) is 29.3 Å². The van der Waals surface area contributed by atoms with Crippen LogP contribution in [0.25, 0.3) is 0 Å². The highest BCUT2D eigenvalue weighted by Crippen LogP contribution is 2.12. The van der Waals surface area contributed by atoms with Crippen molar-refractivity contribution < 1.29 is 9.72 Å². The summed E-state index contributed by atoms with van der Waals surface area (Å²) in [6.45, 7) is 9.00. The number of rotatable bonds is 7. The second kappa shape index (κ2) is 9.61. The first-order valence-corrected chi connectivity index (χ1v) is 8.28. The first-order chi connectivity index (χ1) is 11.7. The lowest BCUT2D eigenvalue weighted by atomic mass is 10.1. The van der Waals surface area contributed by atoms with Crippen LogP contribution in [0, 0.1) is 10.1 Å². The standard InChI is InChI=1S/C17H27N5O3/c1-5-10-18-16(20-12-15(23)21-17(2,3)4)19-11-13-6-8-14(9-7-13)22(24)25/h6-9H,5,10-12H2,1-4H3,(H,21,23)(H2,18,19,20). The Hall–Kier alpha value is -2.64. The number of benzene rings is 1. The monoisotopic (exact) mass is 349 g/mol. The highest BCUT2D eigenvalue weighted by Gasteiger charge is 2.13. The summed E-state index contributed by atoms with van der Waals surface area (Å²) < 4.78 is 0. The predicted octanol–water partition coefficient (Wildman–Crippen LogP) is 1.95. The summed E-state index contributed by atoms with van der Waals surface area (Å²) in [4.78, 5) is 26.5. The molecule has 1 rings (SSSR count). The van der Waals surface area contributed by atoms with Gasteiger partial charge in [-0.1, -0.05) is 19.1 Å². The van der Waals surface area contributed by atoms with E-state index in [4.69, 9.17) is 0 Å². The van der Waals surface area contributed by atoms with Crippen molar-refractivity contribution in [3.05, 3.63) is 39.9 Å². The van der Waals surface area contributed by atoms with Crippen molar-refractivity contribution in [2.75, 3.05) is 13.1 Å². The Morgan fingerprint density at radius 2 is 1.84 bits per heavy atom. The lowest BCUT2D eigenvalue weighted by Gasteiger charge is -2.21. The predicted molar refractivity (Wildman–Crippen MR) is 98.4 cm³/mol. The minimum atomic E-state index is -0.434. The Bertz CT molecular complexity index is 606. The van der Waals surface area contributed by atoms with Crippen LogP contribution in [-0.2, 0) is 11.3 Å². The van der Waals surface area contributed by atoms with Gasteiger partial charge in [0.25, 0.3) is 5.69 Å². The zero-order valence-corrected chi connectivity index (χ0v) is 15.3. The molecule has 8 nitrogen and oxygen atoms in total. The molecule has 1 aromatic rings. The van der Waals surface area contributed by atoms with Crippen LogP contribution in [0.5, 0.6) is 0 Å². The molecule has 25 heavy (non-hydrogen) atoms. The first kappa shape index (κ1) is 20.4. The van der Waals surface area contributed by atoms with Crippen LogP contribution in [0.3, 0.4) is 0 Å². The van der Waals surface area contributed by atoms with Gasteiger partial charge in [-0.2, -0.15) is 0 Å². The fraction of sp³-hybridized carbons (Fsp3) is 0.529. The van der Waals surface area contributed by atoms with E-state index in [1.807, 2.05) is 27.7 Å². The molecule has 138 valence electrons. The quantitative estimate of drug-likeness (QED) is 0.302. The Labute approximate surface area is 148 Å². The lowest BCUT2D eigenvalue weighted by Crippen LogP contribution is -2.48. The van der Waals surface area contributed by atoms with Crippen molar-refractivity contribution in [3.8, 4) is 0 Å². The number of aliphatic imine (C=N–C) groups is 1. The van der Waals surface area contributed by atoms with Gasteiger partial charge in [0.1, 0.15) is 0 Å². The van der Waals surface area contributed by atoms with Crippen molar-refractivity contribution >= 4 is 17.6 Å². The Kier molecular flexibility index (Phi) is 7.84. The molecular formula is C17H27N5O3. The molecule has 1 amide bonds. The fourth-order valence-corrected chi connectivity index (χ4v) is 1.94. The topological polar surface area (TPSA) is 109 Å². The summed E-state index contributed by atoms with van der Waals surface area (Å²) in [5.41, 5.74) is 0.613. The SMILES string of the molecule is CCCNC(=NCc1ccc([N+](=O)[O-])cc1)NCC(=O)NC(C)(C)C. The third kappa shape index (κ3) is 8.69. The van der Waals surface area contributed by atoms with E-state index in [2.05, 4.69) is 20.9 Å². The Balaban J connectivity index is 2.65. The zero-order chi connectivity index (χ0) is 18.9. The van der Waals surface area contributed by atoms with Gasteiger partial charge in [0, 0.05) is 24.2 Å². The number of carbonyl (C=O) groups excluding carboxylic acids is 1. The average Bonchev–Trinajstić information content (AvgIpc) is 2.53. The highest BCUT2D eigenvalue weighted by atomic mass is 16.6. The molecule has 0 spiro atoms. The molecule has 0 unspecified atom stereocenters. The summed E-state index contributed by atoms with van der Waals surface area (Å²) in [6, 6.07) is 6.25. The van der Waals surface area contributed by atoms with E-state index in [0.29, 0.717) is 12.5 Å². The number of carbonyl (C=O) groups is 1. The maximum Gasteiger partial charge on any atom is 0.269 e. The fourth-order valence-electron chi connectivity index (χ4n) is 1.94. The number of guanidine groups is 1. The van der Waals surface area contributed by atoms with E-state index in [-0.39, 0.29) is 23.7 Å². The van der Waals surface area contributed by atoms with E-state index in [9.17, 15) is 14.9 Å². The molecule has 0 saturated heterocycles. The first-order valence-electron chi connectivity index (χ1n) is 8.28. The van der Waals surface area contributed by atoms with Crippen LogP contribution in [0.4, 0.5) is 5.69 Å². The van der Waals surface area contributed by atoms with Gasteiger partial charge in [-0.15, -0.1) is 0 Å². The van der Waals surface area contributed by atoms with Crippen LogP contribution in [-0.4, -0.2) is 35.4 Å². The van der Waals surface area contributed by atoms with Crippen molar-refractivity contribution in [3.63, 3.8) is 0 Å². The number of nitrogens with one attached hydrogen (secondary N) is 3. The second-order valence-corrected chi connectivity index (χ2v) is 6.67.